The number of nitrogens with two attached hydrogens (primary N) is 1. The smallest absolute Gasteiger partial charge is 0.350 e. The van der Waals surface area contributed by atoms with Crippen molar-refractivity contribution in [1.82, 2.24) is 24.4 Å². The van der Waals surface area contributed by atoms with Crippen molar-refractivity contribution < 1.29 is 18.0 Å². The summed E-state index contributed by atoms with van der Waals surface area (Å²) in [5.41, 5.74) is 7.00. The van der Waals surface area contributed by atoms with E-state index >= 15 is 4.39 Å². The Morgan fingerprint density at radius 1 is 1.23 bits per heavy atom. The second-order valence-corrected chi connectivity index (χ2v) is 11.1. The first-order valence-electron chi connectivity index (χ1n) is 14.3. The zero-order valence-electron chi connectivity index (χ0n) is 24.4. The van der Waals surface area contributed by atoms with E-state index < -0.39 is 41.0 Å². The first-order chi connectivity index (χ1) is 20.5. The Labute approximate surface area is 247 Å². The summed E-state index contributed by atoms with van der Waals surface area (Å²) in [6.07, 6.45) is 7.12. The molecule has 0 saturated carbocycles. The summed E-state index contributed by atoms with van der Waals surface area (Å²) < 4.78 is 45.4. The van der Waals surface area contributed by atoms with Crippen molar-refractivity contribution >= 4 is 22.8 Å². The Morgan fingerprint density at radius 2 is 2.00 bits per heavy atom. The number of hydrogen-bond donors (Lipinski definition) is 1. The minimum absolute atomic E-state index is 0.0941. The lowest BCUT2D eigenvalue weighted by Crippen LogP contribution is -2.54. The van der Waals surface area contributed by atoms with Gasteiger partial charge in [-0.25, -0.2) is 27.5 Å². The molecule has 43 heavy (non-hydrogen) atoms. The maximum Gasteiger partial charge on any atom is 0.355 e. The number of aromatic nitrogens is 4. The number of rotatable bonds is 8. The van der Waals surface area contributed by atoms with E-state index in [1.54, 1.807) is 18.0 Å². The van der Waals surface area contributed by atoms with E-state index in [4.69, 9.17) is 5.73 Å². The number of carbonyl (C=O) groups excluding carboxylic acids is 1. The number of piperazine rings is 1. The van der Waals surface area contributed by atoms with Crippen molar-refractivity contribution in [2.45, 2.75) is 51.5 Å². The Balaban J connectivity index is 1.77. The Morgan fingerprint density at radius 3 is 2.63 bits per heavy atom. The number of hydrogen-bond acceptors (Lipinski definition) is 7. The van der Waals surface area contributed by atoms with Gasteiger partial charge in [0.2, 0.25) is 0 Å². The van der Waals surface area contributed by atoms with Crippen molar-refractivity contribution in [3.63, 3.8) is 0 Å². The van der Waals surface area contributed by atoms with Gasteiger partial charge in [0.25, 0.3) is 5.91 Å². The van der Waals surface area contributed by atoms with Crippen molar-refractivity contribution in [2.24, 2.45) is 5.73 Å². The fraction of sp³-hybridized carbons (Fsp3) is 0.387. The van der Waals surface area contributed by atoms with Crippen molar-refractivity contribution in [2.75, 3.05) is 31.1 Å². The molecule has 9 nitrogen and oxygen atoms in total. The van der Waals surface area contributed by atoms with Crippen LogP contribution in [0.1, 0.15) is 56.0 Å². The quantitative estimate of drug-likeness (QED) is 0.387. The molecule has 1 unspecified atom stereocenters. The van der Waals surface area contributed by atoms with Gasteiger partial charge < -0.3 is 15.5 Å². The van der Waals surface area contributed by atoms with Crippen LogP contribution in [0.15, 0.2) is 59.6 Å². The zero-order valence-corrected chi connectivity index (χ0v) is 24.4. The van der Waals surface area contributed by atoms with E-state index in [0.29, 0.717) is 30.8 Å². The highest BCUT2D eigenvalue weighted by Gasteiger charge is 2.33. The van der Waals surface area contributed by atoms with Crippen LogP contribution in [0.3, 0.4) is 0 Å². The highest BCUT2D eigenvalue weighted by atomic mass is 19.1. The molecule has 226 valence electrons. The van der Waals surface area contributed by atoms with Crippen LogP contribution in [0.2, 0.25) is 0 Å². The van der Waals surface area contributed by atoms with Crippen LogP contribution in [0, 0.1) is 5.82 Å². The standard InChI is InChI=1S/C31H34F3N7O2/c1-17(2)25-27(20(7-6-11-35)10-12-36-25)41-29-22(15-24(34)26(37-29)21-8-5-9-23(21)33)28(38-31(41)43)40-14-13-39(16-18(40)3)30(42)19(4)32/h5,8-10,12,15,17-18,21H,4,6-7,11,13-14,16,35H2,1-3H3/t18-,21?/m0/s1. The Kier molecular flexibility index (Phi) is 8.50. The number of carbonyl (C=O) groups is 1. The summed E-state index contributed by atoms with van der Waals surface area (Å²) in [7, 11) is 0. The van der Waals surface area contributed by atoms with Gasteiger partial charge in [0.05, 0.1) is 28.4 Å². The first-order valence-corrected chi connectivity index (χ1v) is 14.3. The van der Waals surface area contributed by atoms with Gasteiger partial charge in [-0.05, 0) is 56.0 Å². The largest absolute Gasteiger partial charge is 0.355 e. The predicted molar refractivity (Wildman–Crippen MR) is 159 cm³/mol. The third-order valence-corrected chi connectivity index (χ3v) is 7.85. The SMILES string of the molecule is C=C(F)C(=O)N1CCN(c2nc(=O)n(-c3c(CCCN)ccnc3C(C)C)c3nc(C4C=CC=C4F)c(F)cc23)[C@@H](C)C1. The molecular formula is C31H34F3N7O2. The van der Waals surface area contributed by atoms with Gasteiger partial charge in [0.15, 0.2) is 11.5 Å². The van der Waals surface area contributed by atoms with E-state index in [2.05, 4.69) is 21.5 Å². The zero-order chi connectivity index (χ0) is 31.0. The van der Waals surface area contributed by atoms with Gasteiger partial charge in [0.1, 0.15) is 17.5 Å². The molecule has 0 aromatic carbocycles. The molecule has 3 aromatic heterocycles. The fourth-order valence-corrected chi connectivity index (χ4v) is 5.75. The molecule has 1 saturated heterocycles. The van der Waals surface area contributed by atoms with Crippen LogP contribution < -0.4 is 16.3 Å². The molecule has 3 aromatic rings. The minimum Gasteiger partial charge on any atom is -0.350 e. The average Bonchev–Trinajstić information content (AvgIpc) is 3.40. The predicted octanol–water partition coefficient (Wildman–Crippen LogP) is 4.36. The van der Waals surface area contributed by atoms with Gasteiger partial charge >= 0.3 is 5.69 Å². The number of anilines is 1. The number of amides is 1. The van der Waals surface area contributed by atoms with Gasteiger partial charge in [0, 0.05) is 31.9 Å². The van der Waals surface area contributed by atoms with Crippen LogP contribution in [-0.4, -0.2) is 62.5 Å². The molecule has 2 N–H and O–H groups in total. The lowest BCUT2D eigenvalue weighted by molar-refractivity contribution is -0.129. The van der Waals surface area contributed by atoms with Gasteiger partial charge in [-0.1, -0.05) is 32.6 Å². The summed E-state index contributed by atoms with van der Waals surface area (Å²) in [5.74, 6) is -4.15. The van der Waals surface area contributed by atoms with Gasteiger partial charge in [-0.2, -0.15) is 4.98 Å². The highest BCUT2D eigenvalue weighted by molar-refractivity contribution is 5.91. The summed E-state index contributed by atoms with van der Waals surface area (Å²) in [6, 6.07) is 2.63. The number of nitrogens with zero attached hydrogens (tertiary/aromatic N) is 6. The summed E-state index contributed by atoms with van der Waals surface area (Å²) in [5, 5.41) is 0.233. The third-order valence-electron chi connectivity index (χ3n) is 7.85. The molecule has 2 atom stereocenters. The van der Waals surface area contributed by atoms with E-state index in [1.165, 1.54) is 33.8 Å². The molecular weight excluding hydrogens is 559 g/mol. The van der Waals surface area contributed by atoms with Crippen LogP contribution in [0.4, 0.5) is 19.0 Å². The number of halogens is 3. The van der Waals surface area contributed by atoms with Crippen LogP contribution >= 0.6 is 0 Å². The molecule has 1 aliphatic heterocycles. The third kappa shape index (κ3) is 5.58. The topological polar surface area (TPSA) is 110 Å². The molecule has 0 spiro atoms. The van der Waals surface area contributed by atoms with Crippen LogP contribution in [0.5, 0.6) is 0 Å². The molecule has 5 rings (SSSR count). The highest BCUT2D eigenvalue weighted by Crippen LogP contribution is 2.36. The van der Waals surface area contributed by atoms with E-state index in [0.717, 1.165) is 5.56 Å². The normalized spacial score (nSPS) is 18.6. The average molecular weight is 594 g/mol. The van der Waals surface area contributed by atoms with Gasteiger partial charge in [-0.15, -0.1) is 0 Å². The summed E-state index contributed by atoms with van der Waals surface area (Å²) in [4.78, 5) is 43.0. The lowest BCUT2D eigenvalue weighted by atomic mass is 10.0. The van der Waals surface area contributed by atoms with Crippen molar-refractivity contribution in [3.8, 4) is 5.69 Å². The van der Waals surface area contributed by atoms with Gasteiger partial charge in [-0.3, -0.25) is 9.78 Å². The number of aryl methyl sites for hydroxylation is 1. The van der Waals surface area contributed by atoms with Crippen LogP contribution in [-0.2, 0) is 11.2 Å². The van der Waals surface area contributed by atoms with Crippen LogP contribution in [0.25, 0.3) is 16.7 Å². The maximum absolute atomic E-state index is 15.8. The monoisotopic (exact) mass is 593 g/mol. The number of pyridine rings is 2. The van der Waals surface area contributed by atoms with E-state index in [1.807, 2.05) is 19.9 Å². The fourth-order valence-electron chi connectivity index (χ4n) is 5.75. The van der Waals surface area contributed by atoms with Crippen molar-refractivity contribution in [3.05, 3.63) is 88.0 Å². The molecule has 2 aliphatic rings. The first kappa shape index (κ1) is 30.1. The minimum atomic E-state index is -1.06. The number of fused-ring (bicyclic) bond motifs is 1. The summed E-state index contributed by atoms with van der Waals surface area (Å²) in [6.45, 7) is 9.69. The molecule has 1 amide bonds. The number of allylic oxidation sites excluding steroid dienone is 4. The molecule has 4 heterocycles. The van der Waals surface area contributed by atoms with E-state index in [9.17, 15) is 18.4 Å². The molecule has 12 heteroatoms. The molecule has 0 bridgehead atoms. The molecule has 1 aliphatic carbocycles. The maximum atomic E-state index is 15.8. The second-order valence-electron chi connectivity index (χ2n) is 11.1. The summed E-state index contributed by atoms with van der Waals surface area (Å²) >= 11 is 0. The Bertz CT molecular complexity index is 1720. The lowest BCUT2D eigenvalue weighted by Gasteiger charge is -2.40. The van der Waals surface area contributed by atoms with Crippen molar-refractivity contribution in [1.29, 1.82) is 0 Å². The second kappa shape index (κ2) is 12.1. The molecule has 0 radical (unpaired) electrons. The van der Waals surface area contributed by atoms with E-state index in [-0.39, 0.29) is 48.1 Å². The Hall–Kier alpha value is -4.32. The molecule has 1 fully saturated rings.